The molecule has 1 heterocycles. The van der Waals surface area contributed by atoms with Crippen LogP contribution in [0.25, 0.3) is 0 Å². The van der Waals surface area contributed by atoms with E-state index in [9.17, 15) is 4.79 Å². The number of anilines is 2. The van der Waals surface area contributed by atoms with Gasteiger partial charge in [0.1, 0.15) is 17.5 Å². The van der Waals surface area contributed by atoms with Crippen molar-refractivity contribution in [2.45, 2.75) is 38.6 Å². The molecule has 0 spiro atoms. The lowest BCUT2D eigenvalue weighted by atomic mass is 9.86. The number of rotatable bonds is 4. The van der Waals surface area contributed by atoms with Gasteiger partial charge in [0.25, 0.3) is 0 Å². The maximum Gasteiger partial charge on any atom is 0.306 e. The third kappa shape index (κ3) is 3.59. The van der Waals surface area contributed by atoms with Crippen LogP contribution in [-0.4, -0.2) is 41.2 Å². The summed E-state index contributed by atoms with van der Waals surface area (Å²) in [4.78, 5) is 21.6. The molecule has 0 saturated heterocycles. The van der Waals surface area contributed by atoms with Crippen LogP contribution in [-0.2, 0) is 4.79 Å². The Bertz CT molecular complexity index is 482. The van der Waals surface area contributed by atoms with Gasteiger partial charge >= 0.3 is 5.97 Å². The van der Waals surface area contributed by atoms with Crippen molar-refractivity contribution in [3.8, 4) is 0 Å². The predicted molar refractivity (Wildman–Crippen MR) is 78.1 cm³/mol. The van der Waals surface area contributed by atoms with Crippen molar-refractivity contribution in [3.05, 3.63) is 11.9 Å². The average Bonchev–Trinajstić information content (AvgIpc) is 2.38. The molecule has 1 aromatic rings. The molecule has 1 fully saturated rings. The van der Waals surface area contributed by atoms with Gasteiger partial charge < -0.3 is 15.3 Å². The molecular weight excluding hydrogens is 256 g/mol. The van der Waals surface area contributed by atoms with E-state index in [1.54, 1.807) is 0 Å². The highest BCUT2D eigenvalue weighted by molar-refractivity contribution is 5.70. The number of aliphatic carboxylic acids is 1. The molecule has 0 bridgehead atoms. The molecule has 0 amide bonds. The van der Waals surface area contributed by atoms with E-state index >= 15 is 0 Å². The van der Waals surface area contributed by atoms with Crippen LogP contribution in [0.4, 0.5) is 11.6 Å². The summed E-state index contributed by atoms with van der Waals surface area (Å²) in [6, 6.07) is 2.23. The zero-order valence-corrected chi connectivity index (χ0v) is 12.3. The van der Waals surface area contributed by atoms with Gasteiger partial charge in [0, 0.05) is 26.2 Å². The molecule has 0 atom stereocenters. The average molecular weight is 278 g/mol. The van der Waals surface area contributed by atoms with Gasteiger partial charge in [-0.15, -0.1) is 0 Å². The molecule has 1 aliphatic rings. The highest BCUT2D eigenvalue weighted by Gasteiger charge is 2.26. The number of carboxylic acid groups (broad SMARTS) is 1. The summed E-state index contributed by atoms with van der Waals surface area (Å²) in [6.45, 7) is 1.87. The maximum absolute atomic E-state index is 10.9. The first kappa shape index (κ1) is 14.6. The molecule has 110 valence electrons. The lowest BCUT2D eigenvalue weighted by Gasteiger charge is -2.27. The van der Waals surface area contributed by atoms with Gasteiger partial charge in [-0.25, -0.2) is 9.97 Å². The summed E-state index contributed by atoms with van der Waals surface area (Å²) < 4.78 is 0. The maximum atomic E-state index is 10.9. The minimum Gasteiger partial charge on any atom is -0.481 e. The zero-order valence-electron chi connectivity index (χ0n) is 12.3. The molecular formula is C14H22N4O2. The fourth-order valence-electron chi connectivity index (χ4n) is 2.55. The van der Waals surface area contributed by atoms with E-state index in [1.165, 1.54) is 0 Å². The Hall–Kier alpha value is -1.85. The van der Waals surface area contributed by atoms with E-state index in [2.05, 4.69) is 15.3 Å². The third-order valence-corrected chi connectivity index (χ3v) is 3.71. The first-order chi connectivity index (χ1) is 9.45. The molecule has 0 aromatic carbocycles. The number of hydrogen-bond acceptors (Lipinski definition) is 5. The van der Waals surface area contributed by atoms with Crippen LogP contribution in [0.2, 0.25) is 0 Å². The SMILES string of the molecule is Cc1nc(N[C@H]2CC[C@@H](C(=O)O)CC2)cc(N(C)C)n1. The standard InChI is InChI=1S/C14H22N4O2/c1-9-15-12(8-13(16-9)18(2)3)17-11-6-4-10(5-7-11)14(19)20/h8,10-11H,4-7H2,1-3H3,(H,19,20)(H,15,16,17)/t10-,11+. The fraction of sp³-hybridized carbons (Fsp3) is 0.643. The molecule has 1 aromatic heterocycles. The van der Waals surface area contributed by atoms with Gasteiger partial charge in [0.2, 0.25) is 0 Å². The molecule has 0 radical (unpaired) electrons. The Morgan fingerprint density at radius 2 is 1.95 bits per heavy atom. The normalized spacial score (nSPS) is 22.4. The Morgan fingerprint density at radius 1 is 1.30 bits per heavy atom. The molecule has 2 N–H and O–H groups in total. The molecule has 20 heavy (non-hydrogen) atoms. The van der Waals surface area contributed by atoms with Crippen LogP contribution < -0.4 is 10.2 Å². The van der Waals surface area contributed by atoms with Gasteiger partial charge in [0.15, 0.2) is 0 Å². The Kier molecular flexibility index (Phi) is 4.42. The quantitative estimate of drug-likeness (QED) is 0.876. The number of hydrogen-bond donors (Lipinski definition) is 2. The van der Waals surface area contributed by atoms with E-state index in [0.29, 0.717) is 6.04 Å². The van der Waals surface area contributed by atoms with E-state index in [0.717, 1.165) is 43.1 Å². The summed E-state index contributed by atoms with van der Waals surface area (Å²) in [5.41, 5.74) is 0. The van der Waals surface area contributed by atoms with Crippen LogP contribution in [0.5, 0.6) is 0 Å². The van der Waals surface area contributed by atoms with Crippen molar-refractivity contribution in [2.75, 3.05) is 24.3 Å². The molecule has 1 aliphatic carbocycles. The van der Waals surface area contributed by atoms with Gasteiger partial charge in [-0.05, 0) is 32.6 Å². The number of nitrogens with zero attached hydrogens (tertiary/aromatic N) is 3. The van der Waals surface area contributed by atoms with Gasteiger partial charge in [-0.1, -0.05) is 0 Å². The van der Waals surface area contributed by atoms with Crippen molar-refractivity contribution >= 4 is 17.6 Å². The van der Waals surface area contributed by atoms with E-state index in [-0.39, 0.29) is 5.92 Å². The van der Waals surface area contributed by atoms with E-state index < -0.39 is 5.97 Å². The van der Waals surface area contributed by atoms with E-state index in [1.807, 2.05) is 32.0 Å². The second-order valence-corrected chi connectivity index (χ2v) is 5.58. The van der Waals surface area contributed by atoms with E-state index in [4.69, 9.17) is 5.11 Å². The molecule has 6 nitrogen and oxygen atoms in total. The zero-order chi connectivity index (χ0) is 14.7. The number of aryl methyl sites for hydroxylation is 1. The summed E-state index contributed by atoms with van der Waals surface area (Å²) in [5, 5.41) is 12.4. The molecule has 2 rings (SSSR count). The number of carbonyl (C=O) groups is 1. The van der Waals surface area contributed by atoms with Gasteiger partial charge in [-0.3, -0.25) is 4.79 Å². The number of aromatic nitrogens is 2. The van der Waals surface area contributed by atoms with Crippen molar-refractivity contribution in [1.29, 1.82) is 0 Å². The Morgan fingerprint density at radius 3 is 2.50 bits per heavy atom. The summed E-state index contributed by atoms with van der Waals surface area (Å²) in [6.07, 6.45) is 3.21. The van der Waals surface area contributed by atoms with Crippen molar-refractivity contribution in [3.63, 3.8) is 0 Å². The van der Waals surface area contributed by atoms with Crippen molar-refractivity contribution in [1.82, 2.24) is 9.97 Å². The molecule has 1 saturated carbocycles. The topological polar surface area (TPSA) is 78.3 Å². The van der Waals surface area contributed by atoms with Crippen LogP contribution in [0.1, 0.15) is 31.5 Å². The molecule has 0 unspecified atom stereocenters. The van der Waals surface area contributed by atoms with Gasteiger partial charge in [-0.2, -0.15) is 0 Å². The lowest BCUT2D eigenvalue weighted by molar-refractivity contribution is -0.142. The smallest absolute Gasteiger partial charge is 0.306 e. The Balaban J connectivity index is 1.99. The monoisotopic (exact) mass is 278 g/mol. The number of nitrogens with one attached hydrogen (secondary N) is 1. The first-order valence-electron chi connectivity index (χ1n) is 6.98. The second kappa shape index (κ2) is 6.07. The first-order valence-corrected chi connectivity index (χ1v) is 6.98. The largest absolute Gasteiger partial charge is 0.481 e. The summed E-state index contributed by atoms with van der Waals surface area (Å²) in [5.74, 6) is 1.57. The van der Waals surface area contributed by atoms with Crippen LogP contribution in [0.15, 0.2) is 6.07 Å². The lowest BCUT2D eigenvalue weighted by Crippen LogP contribution is -2.29. The predicted octanol–water partition coefficient (Wildman–Crippen LogP) is 1.91. The Labute approximate surface area is 119 Å². The number of carboxylic acids is 1. The second-order valence-electron chi connectivity index (χ2n) is 5.58. The summed E-state index contributed by atoms with van der Waals surface area (Å²) >= 11 is 0. The van der Waals surface area contributed by atoms with Gasteiger partial charge in [0.05, 0.1) is 5.92 Å². The van der Waals surface area contributed by atoms with Crippen LogP contribution in [0, 0.1) is 12.8 Å². The highest BCUT2D eigenvalue weighted by atomic mass is 16.4. The fourth-order valence-corrected chi connectivity index (χ4v) is 2.55. The molecule has 6 heteroatoms. The minimum atomic E-state index is -0.670. The van der Waals surface area contributed by atoms with Crippen molar-refractivity contribution in [2.24, 2.45) is 5.92 Å². The van der Waals surface area contributed by atoms with Crippen LogP contribution in [0.3, 0.4) is 0 Å². The van der Waals surface area contributed by atoms with Crippen LogP contribution >= 0.6 is 0 Å². The minimum absolute atomic E-state index is 0.183. The van der Waals surface area contributed by atoms with Crippen molar-refractivity contribution < 1.29 is 9.90 Å². The highest BCUT2D eigenvalue weighted by Crippen LogP contribution is 2.27. The third-order valence-electron chi connectivity index (χ3n) is 3.71. The summed E-state index contributed by atoms with van der Waals surface area (Å²) in [7, 11) is 3.90. The molecule has 0 aliphatic heterocycles.